The summed E-state index contributed by atoms with van der Waals surface area (Å²) in [4.78, 5) is 12.1. The first-order chi connectivity index (χ1) is 6.93. The van der Waals surface area contributed by atoms with E-state index in [4.69, 9.17) is 5.11 Å². The summed E-state index contributed by atoms with van der Waals surface area (Å²) in [5.41, 5.74) is -0.717. The van der Waals surface area contributed by atoms with Crippen LogP contribution in [0.3, 0.4) is 0 Å². The van der Waals surface area contributed by atoms with Gasteiger partial charge < -0.3 is 10.4 Å². The molecular formula is C11H17NO2S. The van der Waals surface area contributed by atoms with Crippen molar-refractivity contribution in [2.75, 3.05) is 6.54 Å². The van der Waals surface area contributed by atoms with Gasteiger partial charge in [0.1, 0.15) is 0 Å². The maximum absolute atomic E-state index is 10.9. The minimum atomic E-state index is -0.770. The number of hydrogen-bond donors (Lipinski definition) is 2. The summed E-state index contributed by atoms with van der Waals surface area (Å²) in [5, 5.41) is 14.2. The average Bonchev–Trinajstić information content (AvgIpc) is 2.66. The smallest absolute Gasteiger partial charge is 0.310 e. The molecule has 0 aliphatic heterocycles. The van der Waals surface area contributed by atoms with Crippen LogP contribution >= 0.6 is 11.3 Å². The summed E-state index contributed by atoms with van der Waals surface area (Å²) in [7, 11) is 0. The van der Waals surface area contributed by atoms with E-state index in [2.05, 4.69) is 11.4 Å². The number of hydrogen-bond acceptors (Lipinski definition) is 3. The number of carbonyl (C=O) groups is 1. The van der Waals surface area contributed by atoms with Crippen molar-refractivity contribution in [1.82, 2.24) is 5.32 Å². The molecule has 0 aliphatic rings. The van der Waals surface area contributed by atoms with Crippen LogP contribution in [0, 0.1) is 5.41 Å². The zero-order chi connectivity index (χ0) is 11.5. The molecule has 0 saturated carbocycles. The van der Waals surface area contributed by atoms with Gasteiger partial charge in [0.25, 0.3) is 0 Å². The molecule has 0 amide bonds. The van der Waals surface area contributed by atoms with Gasteiger partial charge in [-0.2, -0.15) is 0 Å². The van der Waals surface area contributed by atoms with Gasteiger partial charge in [-0.25, -0.2) is 0 Å². The van der Waals surface area contributed by atoms with Crippen LogP contribution < -0.4 is 5.32 Å². The Balaban J connectivity index is 2.47. The Kier molecular flexibility index (Phi) is 3.88. The average molecular weight is 227 g/mol. The number of carboxylic acids is 1. The fourth-order valence-corrected chi connectivity index (χ4v) is 1.88. The van der Waals surface area contributed by atoms with Crippen molar-refractivity contribution in [1.29, 1.82) is 0 Å². The van der Waals surface area contributed by atoms with Gasteiger partial charge in [0.05, 0.1) is 5.41 Å². The monoisotopic (exact) mass is 227 g/mol. The van der Waals surface area contributed by atoms with E-state index in [1.165, 1.54) is 4.88 Å². The maximum atomic E-state index is 10.9. The van der Waals surface area contributed by atoms with Crippen molar-refractivity contribution in [3.05, 3.63) is 22.4 Å². The first-order valence-electron chi connectivity index (χ1n) is 4.93. The summed E-state index contributed by atoms with van der Waals surface area (Å²) in [6.07, 6.45) is 0. The molecule has 1 aromatic heterocycles. The van der Waals surface area contributed by atoms with Crippen LogP contribution in [0.4, 0.5) is 0 Å². The number of nitrogens with one attached hydrogen (secondary N) is 1. The Morgan fingerprint density at radius 3 is 2.80 bits per heavy atom. The Bertz CT molecular complexity index is 319. The fourth-order valence-electron chi connectivity index (χ4n) is 1.12. The molecule has 1 aromatic rings. The standard InChI is InChI=1S/C11H17NO2S/c1-8(9-5-4-6-15-9)12-7-11(2,3)10(13)14/h4-6,8,12H,7H2,1-3H3,(H,13,14)/t8-/m0/s1. The zero-order valence-corrected chi connectivity index (χ0v) is 10.1. The van der Waals surface area contributed by atoms with Crippen molar-refractivity contribution in [2.45, 2.75) is 26.8 Å². The van der Waals surface area contributed by atoms with E-state index in [0.717, 1.165) is 0 Å². The molecule has 0 spiro atoms. The number of thiophene rings is 1. The molecule has 0 aromatic carbocycles. The lowest BCUT2D eigenvalue weighted by Crippen LogP contribution is -2.36. The summed E-state index contributed by atoms with van der Waals surface area (Å²) >= 11 is 1.68. The van der Waals surface area contributed by atoms with Crippen LogP contribution in [0.5, 0.6) is 0 Å². The first-order valence-corrected chi connectivity index (χ1v) is 5.81. The van der Waals surface area contributed by atoms with E-state index in [1.807, 2.05) is 18.4 Å². The highest BCUT2D eigenvalue weighted by Gasteiger charge is 2.27. The highest BCUT2D eigenvalue weighted by molar-refractivity contribution is 7.10. The van der Waals surface area contributed by atoms with Crippen molar-refractivity contribution in [3.63, 3.8) is 0 Å². The molecular weight excluding hydrogens is 210 g/mol. The molecule has 4 heteroatoms. The Morgan fingerprint density at radius 1 is 1.67 bits per heavy atom. The molecule has 0 fully saturated rings. The van der Waals surface area contributed by atoms with Crippen molar-refractivity contribution >= 4 is 17.3 Å². The molecule has 0 bridgehead atoms. The fraction of sp³-hybridized carbons (Fsp3) is 0.545. The molecule has 1 heterocycles. The van der Waals surface area contributed by atoms with Crippen LogP contribution in [-0.2, 0) is 4.79 Å². The van der Waals surface area contributed by atoms with E-state index in [9.17, 15) is 4.79 Å². The number of carboxylic acid groups (broad SMARTS) is 1. The van der Waals surface area contributed by atoms with E-state index in [-0.39, 0.29) is 6.04 Å². The maximum Gasteiger partial charge on any atom is 0.310 e. The summed E-state index contributed by atoms with van der Waals surface area (Å²) in [6.45, 7) is 5.97. The predicted octanol–water partition coefficient (Wildman–Crippen LogP) is 2.51. The largest absolute Gasteiger partial charge is 0.481 e. The summed E-state index contributed by atoms with van der Waals surface area (Å²) < 4.78 is 0. The van der Waals surface area contributed by atoms with Gasteiger partial charge in [-0.15, -0.1) is 11.3 Å². The second-order valence-electron chi connectivity index (χ2n) is 4.31. The first kappa shape index (κ1) is 12.2. The van der Waals surface area contributed by atoms with Crippen molar-refractivity contribution in [2.24, 2.45) is 5.41 Å². The van der Waals surface area contributed by atoms with Crippen LogP contribution in [0.15, 0.2) is 17.5 Å². The highest BCUT2D eigenvalue weighted by Crippen LogP contribution is 2.20. The topological polar surface area (TPSA) is 49.3 Å². The van der Waals surface area contributed by atoms with Gasteiger partial charge in [0.2, 0.25) is 0 Å². The van der Waals surface area contributed by atoms with E-state index in [1.54, 1.807) is 25.2 Å². The van der Waals surface area contributed by atoms with Gasteiger partial charge in [0.15, 0.2) is 0 Å². The van der Waals surface area contributed by atoms with Crippen LogP contribution in [-0.4, -0.2) is 17.6 Å². The third-order valence-electron chi connectivity index (χ3n) is 2.40. The Morgan fingerprint density at radius 2 is 2.33 bits per heavy atom. The minimum absolute atomic E-state index is 0.212. The second kappa shape index (κ2) is 4.77. The van der Waals surface area contributed by atoms with Crippen molar-refractivity contribution < 1.29 is 9.90 Å². The second-order valence-corrected chi connectivity index (χ2v) is 5.29. The molecule has 84 valence electrons. The lowest BCUT2D eigenvalue weighted by atomic mass is 9.93. The molecule has 3 nitrogen and oxygen atoms in total. The summed E-state index contributed by atoms with van der Waals surface area (Å²) in [6, 6.07) is 4.26. The van der Waals surface area contributed by atoms with E-state index in [0.29, 0.717) is 6.54 Å². The van der Waals surface area contributed by atoms with Crippen LogP contribution in [0.25, 0.3) is 0 Å². The van der Waals surface area contributed by atoms with Gasteiger partial charge in [-0.3, -0.25) is 4.79 Å². The van der Waals surface area contributed by atoms with Gasteiger partial charge in [0, 0.05) is 17.5 Å². The molecule has 1 atom stereocenters. The summed E-state index contributed by atoms with van der Waals surface area (Å²) in [5.74, 6) is -0.770. The Labute approximate surface area is 94.1 Å². The molecule has 15 heavy (non-hydrogen) atoms. The van der Waals surface area contributed by atoms with Gasteiger partial charge in [-0.1, -0.05) is 6.07 Å². The lowest BCUT2D eigenvalue weighted by molar-refractivity contribution is -0.146. The van der Waals surface area contributed by atoms with Gasteiger partial charge in [-0.05, 0) is 32.2 Å². The number of aliphatic carboxylic acids is 1. The molecule has 0 unspecified atom stereocenters. The molecule has 2 N–H and O–H groups in total. The normalized spacial score (nSPS) is 13.8. The quantitative estimate of drug-likeness (QED) is 0.812. The predicted molar refractivity (Wildman–Crippen MR) is 62.2 cm³/mol. The SMILES string of the molecule is C[C@H](NCC(C)(C)C(=O)O)c1cccs1. The van der Waals surface area contributed by atoms with Gasteiger partial charge >= 0.3 is 5.97 Å². The third kappa shape index (κ3) is 3.32. The minimum Gasteiger partial charge on any atom is -0.481 e. The van der Waals surface area contributed by atoms with Crippen LogP contribution in [0.1, 0.15) is 31.7 Å². The molecule has 0 radical (unpaired) electrons. The van der Waals surface area contributed by atoms with E-state index >= 15 is 0 Å². The molecule has 0 saturated heterocycles. The zero-order valence-electron chi connectivity index (χ0n) is 9.28. The van der Waals surface area contributed by atoms with Crippen molar-refractivity contribution in [3.8, 4) is 0 Å². The lowest BCUT2D eigenvalue weighted by Gasteiger charge is -2.22. The van der Waals surface area contributed by atoms with Crippen LogP contribution in [0.2, 0.25) is 0 Å². The third-order valence-corrected chi connectivity index (χ3v) is 3.45. The van der Waals surface area contributed by atoms with E-state index < -0.39 is 11.4 Å². The molecule has 0 aliphatic carbocycles. The number of rotatable bonds is 5. The Hall–Kier alpha value is -0.870. The molecule has 1 rings (SSSR count). The highest BCUT2D eigenvalue weighted by atomic mass is 32.1.